The number of carbonyl (C=O) groups is 2. The van der Waals surface area contributed by atoms with E-state index < -0.39 is 0 Å². The molecule has 3 heteroatoms. The van der Waals surface area contributed by atoms with Gasteiger partial charge in [-0.2, -0.15) is 0 Å². The largest absolute Gasteiger partial charge is 0.469 e. The number of rotatable bonds is 4. The zero-order valence-corrected chi connectivity index (χ0v) is 12.2. The Hall–Kier alpha value is -1.64. The Kier molecular flexibility index (Phi) is 4.94. The molecule has 0 spiro atoms. The molecule has 1 aliphatic carbocycles. The lowest BCUT2D eigenvalue weighted by Crippen LogP contribution is -2.35. The topological polar surface area (TPSA) is 43.4 Å². The molecular formula is C17H22O3. The molecule has 0 unspecified atom stereocenters. The van der Waals surface area contributed by atoms with Crippen LogP contribution in [0, 0.1) is 17.8 Å². The minimum absolute atomic E-state index is 0.101. The van der Waals surface area contributed by atoms with Crippen LogP contribution in [0.4, 0.5) is 0 Å². The van der Waals surface area contributed by atoms with Gasteiger partial charge in [0.25, 0.3) is 0 Å². The minimum Gasteiger partial charge on any atom is -0.469 e. The smallest absolute Gasteiger partial charge is 0.308 e. The summed E-state index contributed by atoms with van der Waals surface area (Å²) in [6.45, 7) is 1.95. The molecule has 0 amide bonds. The summed E-state index contributed by atoms with van der Waals surface area (Å²) in [5, 5.41) is 0. The molecule has 3 nitrogen and oxygen atoms in total. The average molecular weight is 274 g/mol. The molecule has 2 rings (SSSR count). The average Bonchev–Trinajstić information content (AvgIpc) is 2.53. The third-order valence-corrected chi connectivity index (χ3v) is 4.44. The molecule has 0 heterocycles. The molecule has 1 aromatic rings. The Morgan fingerprint density at radius 1 is 1.15 bits per heavy atom. The van der Waals surface area contributed by atoms with Gasteiger partial charge in [0, 0.05) is 11.5 Å². The van der Waals surface area contributed by atoms with Gasteiger partial charge in [0.1, 0.15) is 0 Å². The first-order chi connectivity index (χ1) is 9.65. The number of ether oxygens (including phenoxy) is 1. The summed E-state index contributed by atoms with van der Waals surface area (Å²) in [6, 6.07) is 9.33. The van der Waals surface area contributed by atoms with Crippen molar-refractivity contribution in [1.82, 2.24) is 0 Å². The highest BCUT2D eigenvalue weighted by molar-refractivity contribution is 5.98. The molecule has 0 aliphatic heterocycles. The first-order valence-corrected chi connectivity index (χ1v) is 7.32. The van der Waals surface area contributed by atoms with Crippen LogP contribution in [0.3, 0.4) is 0 Å². The quantitative estimate of drug-likeness (QED) is 0.623. The van der Waals surface area contributed by atoms with Gasteiger partial charge in [-0.25, -0.2) is 0 Å². The molecule has 1 saturated carbocycles. The zero-order chi connectivity index (χ0) is 14.5. The third kappa shape index (κ3) is 3.09. The number of ketones is 1. The Morgan fingerprint density at radius 3 is 2.45 bits per heavy atom. The van der Waals surface area contributed by atoms with Crippen molar-refractivity contribution in [2.45, 2.75) is 32.6 Å². The van der Waals surface area contributed by atoms with Crippen molar-refractivity contribution in [3.05, 3.63) is 35.9 Å². The van der Waals surface area contributed by atoms with Crippen molar-refractivity contribution in [3.8, 4) is 0 Å². The second-order valence-corrected chi connectivity index (χ2v) is 5.60. The van der Waals surface area contributed by atoms with Crippen LogP contribution in [-0.2, 0) is 9.53 Å². The highest BCUT2D eigenvalue weighted by atomic mass is 16.5. The Balaban J connectivity index is 2.15. The van der Waals surface area contributed by atoms with Gasteiger partial charge in [0.2, 0.25) is 0 Å². The fourth-order valence-corrected chi connectivity index (χ4v) is 3.26. The fourth-order valence-electron chi connectivity index (χ4n) is 3.26. The first-order valence-electron chi connectivity index (χ1n) is 7.32. The van der Waals surface area contributed by atoms with E-state index >= 15 is 0 Å². The number of Topliss-reactive ketones (excluding diaryl/α,β-unsaturated/α-hetero) is 1. The number of benzene rings is 1. The van der Waals surface area contributed by atoms with Crippen molar-refractivity contribution >= 4 is 11.8 Å². The standard InChI is InChI=1S/C17H22O3/c1-12(16(18)13-8-4-3-5-9-13)14-10-6-7-11-15(14)17(19)20-2/h3-5,8-9,12,14-15H,6-7,10-11H2,1-2H3/t12-,14+,15-/m0/s1. The summed E-state index contributed by atoms with van der Waals surface area (Å²) < 4.78 is 4.91. The maximum atomic E-state index is 12.5. The van der Waals surface area contributed by atoms with Crippen molar-refractivity contribution < 1.29 is 14.3 Å². The highest BCUT2D eigenvalue weighted by Crippen LogP contribution is 2.37. The highest BCUT2D eigenvalue weighted by Gasteiger charge is 2.37. The van der Waals surface area contributed by atoms with Crippen LogP contribution >= 0.6 is 0 Å². The normalized spacial score (nSPS) is 23.9. The maximum Gasteiger partial charge on any atom is 0.308 e. The predicted molar refractivity (Wildman–Crippen MR) is 77.4 cm³/mol. The SMILES string of the molecule is COC(=O)[C@H]1CCCC[C@@H]1[C@H](C)C(=O)c1ccccc1. The van der Waals surface area contributed by atoms with Crippen molar-refractivity contribution in [2.75, 3.05) is 7.11 Å². The van der Waals surface area contributed by atoms with E-state index in [0.29, 0.717) is 0 Å². The van der Waals surface area contributed by atoms with Crippen LogP contribution in [0.2, 0.25) is 0 Å². The van der Waals surface area contributed by atoms with Crippen LogP contribution in [0.25, 0.3) is 0 Å². The van der Waals surface area contributed by atoms with E-state index in [9.17, 15) is 9.59 Å². The first kappa shape index (κ1) is 14.8. The lowest BCUT2D eigenvalue weighted by molar-refractivity contribution is -0.149. The molecule has 0 N–H and O–H groups in total. The summed E-state index contributed by atoms with van der Waals surface area (Å²) in [6.07, 6.45) is 3.90. The van der Waals surface area contributed by atoms with Gasteiger partial charge in [-0.15, -0.1) is 0 Å². The molecule has 20 heavy (non-hydrogen) atoms. The van der Waals surface area contributed by atoms with Crippen LogP contribution in [0.15, 0.2) is 30.3 Å². The third-order valence-electron chi connectivity index (χ3n) is 4.44. The molecular weight excluding hydrogens is 252 g/mol. The summed E-state index contributed by atoms with van der Waals surface area (Å²) >= 11 is 0. The number of hydrogen-bond acceptors (Lipinski definition) is 3. The van der Waals surface area contributed by atoms with Gasteiger partial charge < -0.3 is 4.74 Å². The molecule has 0 saturated heterocycles. The summed E-state index contributed by atoms with van der Waals surface area (Å²) in [5.41, 5.74) is 0.731. The molecule has 1 aromatic carbocycles. The van der Waals surface area contributed by atoms with Gasteiger partial charge in [-0.05, 0) is 18.8 Å². The van der Waals surface area contributed by atoms with E-state index in [2.05, 4.69) is 0 Å². The van der Waals surface area contributed by atoms with E-state index in [0.717, 1.165) is 31.2 Å². The molecule has 1 fully saturated rings. The number of esters is 1. The molecule has 3 atom stereocenters. The Morgan fingerprint density at radius 2 is 1.80 bits per heavy atom. The van der Waals surface area contributed by atoms with E-state index in [-0.39, 0.29) is 29.5 Å². The minimum atomic E-state index is -0.164. The van der Waals surface area contributed by atoms with Crippen LogP contribution in [0.1, 0.15) is 43.0 Å². The molecule has 1 aliphatic rings. The molecule has 0 radical (unpaired) electrons. The zero-order valence-electron chi connectivity index (χ0n) is 12.2. The van der Waals surface area contributed by atoms with Gasteiger partial charge in [-0.1, -0.05) is 50.1 Å². The number of carbonyl (C=O) groups excluding carboxylic acids is 2. The van der Waals surface area contributed by atoms with Crippen LogP contribution < -0.4 is 0 Å². The Labute approximate surface area is 120 Å². The van der Waals surface area contributed by atoms with E-state index in [1.807, 2.05) is 37.3 Å². The van der Waals surface area contributed by atoms with Crippen LogP contribution in [-0.4, -0.2) is 18.9 Å². The predicted octanol–water partition coefficient (Wildman–Crippen LogP) is 3.48. The number of hydrogen-bond donors (Lipinski definition) is 0. The summed E-state index contributed by atoms with van der Waals surface area (Å²) in [7, 11) is 1.43. The lowest BCUT2D eigenvalue weighted by Gasteiger charge is -2.33. The van der Waals surface area contributed by atoms with E-state index in [4.69, 9.17) is 4.74 Å². The summed E-state index contributed by atoms with van der Waals surface area (Å²) in [5.74, 6) is -0.198. The van der Waals surface area contributed by atoms with Crippen molar-refractivity contribution in [3.63, 3.8) is 0 Å². The second kappa shape index (κ2) is 6.69. The fraction of sp³-hybridized carbons (Fsp3) is 0.529. The number of methoxy groups -OCH3 is 1. The molecule has 0 bridgehead atoms. The Bertz CT molecular complexity index is 466. The van der Waals surface area contributed by atoms with Gasteiger partial charge in [-0.3, -0.25) is 9.59 Å². The molecule has 108 valence electrons. The van der Waals surface area contributed by atoms with Crippen molar-refractivity contribution in [1.29, 1.82) is 0 Å². The van der Waals surface area contributed by atoms with Crippen LogP contribution in [0.5, 0.6) is 0 Å². The lowest BCUT2D eigenvalue weighted by atomic mass is 9.71. The van der Waals surface area contributed by atoms with Crippen molar-refractivity contribution in [2.24, 2.45) is 17.8 Å². The summed E-state index contributed by atoms with van der Waals surface area (Å²) in [4.78, 5) is 24.5. The van der Waals surface area contributed by atoms with Gasteiger partial charge in [0.15, 0.2) is 5.78 Å². The van der Waals surface area contributed by atoms with Gasteiger partial charge in [0.05, 0.1) is 13.0 Å². The maximum absolute atomic E-state index is 12.5. The van der Waals surface area contributed by atoms with Gasteiger partial charge >= 0.3 is 5.97 Å². The second-order valence-electron chi connectivity index (χ2n) is 5.60. The monoisotopic (exact) mass is 274 g/mol. The van der Waals surface area contributed by atoms with E-state index in [1.54, 1.807) is 0 Å². The van der Waals surface area contributed by atoms with E-state index in [1.165, 1.54) is 7.11 Å². The molecule has 0 aromatic heterocycles.